The number of nitrogens with two attached hydrogens (primary N) is 1. The van der Waals surface area contributed by atoms with E-state index in [2.05, 4.69) is 5.32 Å². The summed E-state index contributed by atoms with van der Waals surface area (Å²) in [5, 5.41) is 11.9. The number of hydrogen-bond acceptors (Lipinski definition) is 7. The molecule has 3 unspecified atom stereocenters. The van der Waals surface area contributed by atoms with Crippen LogP contribution in [0.5, 0.6) is 0 Å². The molecule has 0 bridgehead atoms. The van der Waals surface area contributed by atoms with Crippen LogP contribution in [-0.4, -0.2) is 72.5 Å². The second-order valence-electron chi connectivity index (χ2n) is 5.75. The van der Waals surface area contributed by atoms with Gasteiger partial charge in [0.25, 0.3) is 0 Å². The number of aliphatic hydroxyl groups excluding tert-OH is 1. The van der Waals surface area contributed by atoms with Crippen LogP contribution >= 0.6 is 0 Å². The van der Waals surface area contributed by atoms with Gasteiger partial charge in [-0.25, -0.2) is 0 Å². The van der Waals surface area contributed by atoms with E-state index in [1.807, 2.05) is 0 Å². The number of amides is 2. The molecule has 2 amide bonds. The maximum atomic E-state index is 12.2. The summed E-state index contributed by atoms with van der Waals surface area (Å²) >= 11 is 0. The Hall–Kier alpha value is -1.97. The maximum Gasteiger partial charge on any atom is 0.310 e. The molecule has 4 N–H and O–H groups in total. The molecule has 9 heteroatoms. The first-order valence-electron chi connectivity index (χ1n) is 7.88. The van der Waals surface area contributed by atoms with Crippen molar-refractivity contribution in [1.82, 2.24) is 10.2 Å². The average molecular weight is 341 g/mol. The van der Waals surface area contributed by atoms with Gasteiger partial charge in [0, 0.05) is 13.2 Å². The van der Waals surface area contributed by atoms with E-state index in [0.29, 0.717) is 18.6 Å². The summed E-state index contributed by atoms with van der Waals surface area (Å²) in [4.78, 5) is 37.1. The Bertz CT molecular complexity index is 535. The number of cyclic esters (lactones) is 1. The van der Waals surface area contributed by atoms with Gasteiger partial charge < -0.3 is 30.5 Å². The smallest absolute Gasteiger partial charge is 0.310 e. The first kappa shape index (κ1) is 18.4. The highest BCUT2D eigenvalue weighted by molar-refractivity contribution is 5.88. The van der Waals surface area contributed by atoms with Crippen LogP contribution < -0.4 is 11.1 Å². The first-order valence-corrected chi connectivity index (χ1v) is 7.88. The van der Waals surface area contributed by atoms with Gasteiger partial charge in [-0.1, -0.05) is 6.08 Å². The fourth-order valence-corrected chi connectivity index (χ4v) is 2.66. The highest BCUT2D eigenvalue weighted by Gasteiger charge is 2.37. The van der Waals surface area contributed by atoms with Crippen molar-refractivity contribution in [3.05, 3.63) is 11.6 Å². The monoisotopic (exact) mass is 341 g/mol. The first-order chi connectivity index (χ1) is 11.4. The Balaban J connectivity index is 1.96. The van der Waals surface area contributed by atoms with E-state index in [4.69, 9.17) is 15.2 Å². The molecule has 2 rings (SSSR count). The highest BCUT2D eigenvalue weighted by atomic mass is 16.7. The average Bonchev–Trinajstić information content (AvgIpc) is 2.81. The van der Waals surface area contributed by atoms with Crippen LogP contribution in [0, 0.1) is 0 Å². The molecule has 24 heavy (non-hydrogen) atoms. The molecular weight excluding hydrogens is 318 g/mol. The van der Waals surface area contributed by atoms with E-state index in [9.17, 15) is 19.5 Å². The van der Waals surface area contributed by atoms with Crippen LogP contribution in [0.3, 0.4) is 0 Å². The lowest BCUT2D eigenvalue weighted by atomic mass is 10.2. The van der Waals surface area contributed by atoms with Gasteiger partial charge in [0.2, 0.25) is 18.1 Å². The molecule has 0 radical (unpaired) electrons. The van der Waals surface area contributed by atoms with Crippen LogP contribution in [0.4, 0.5) is 0 Å². The largest absolute Gasteiger partial charge is 0.433 e. The minimum atomic E-state index is -0.818. The molecule has 0 aromatic carbocycles. The van der Waals surface area contributed by atoms with E-state index in [-0.39, 0.29) is 32.0 Å². The van der Waals surface area contributed by atoms with Gasteiger partial charge in [-0.3, -0.25) is 14.4 Å². The number of nitrogens with one attached hydrogen (secondary N) is 1. The lowest BCUT2D eigenvalue weighted by Gasteiger charge is -2.25. The summed E-state index contributed by atoms with van der Waals surface area (Å²) in [6.07, 6.45) is 1.24. The quantitative estimate of drug-likeness (QED) is 0.386. The second kappa shape index (κ2) is 8.22. The Labute approximate surface area is 139 Å². The van der Waals surface area contributed by atoms with Crippen molar-refractivity contribution in [3.8, 4) is 0 Å². The van der Waals surface area contributed by atoms with Crippen LogP contribution in [0.25, 0.3) is 0 Å². The summed E-state index contributed by atoms with van der Waals surface area (Å²) in [5.41, 5.74) is 6.41. The van der Waals surface area contributed by atoms with Crippen molar-refractivity contribution in [2.24, 2.45) is 5.73 Å². The second-order valence-corrected chi connectivity index (χ2v) is 5.75. The van der Waals surface area contributed by atoms with Crippen molar-refractivity contribution < 1.29 is 29.0 Å². The Morgan fingerprint density at radius 3 is 2.96 bits per heavy atom. The predicted octanol–water partition coefficient (Wildman–Crippen LogP) is -1.74. The molecule has 1 fully saturated rings. The van der Waals surface area contributed by atoms with Gasteiger partial charge in [0.15, 0.2) is 0 Å². The van der Waals surface area contributed by atoms with Crippen LogP contribution in [0.1, 0.15) is 19.8 Å². The number of carbonyl (C=O) groups is 3. The fraction of sp³-hybridized carbons (Fsp3) is 0.667. The number of rotatable bonds is 6. The minimum Gasteiger partial charge on any atom is -0.433 e. The zero-order valence-electron chi connectivity index (χ0n) is 13.6. The number of hydrogen-bond donors (Lipinski definition) is 3. The van der Waals surface area contributed by atoms with Crippen LogP contribution in [-0.2, 0) is 23.9 Å². The molecule has 0 spiro atoms. The van der Waals surface area contributed by atoms with E-state index >= 15 is 0 Å². The molecule has 0 aromatic rings. The highest BCUT2D eigenvalue weighted by Crippen LogP contribution is 2.16. The van der Waals surface area contributed by atoms with Crippen molar-refractivity contribution in [2.45, 2.75) is 38.1 Å². The lowest BCUT2D eigenvalue weighted by molar-refractivity contribution is -0.164. The van der Waals surface area contributed by atoms with E-state index < -0.39 is 30.3 Å². The standard InChI is InChI=1S/C15H23N3O6/c1-2-23-15-11(5-13(21)24-15)17-12(20)7-18-6-9(8-19)3-4-10(16)14(18)22/h3,10-11,15,19H,2,4-8,16H2,1H3,(H,17,20). The zero-order chi connectivity index (χ0) is 17.7. The molecule has 0 aromatic heterocycles. The number of carbonyl (C=O) groups excluding carboxylic acids is 3. The molecular formula is C15H23N3O6. The van der Waals surface area contributed by atoms with Gasteiger partial charge >= 0.3 is 5.97 Å². The summed E-state index contributed by atoms with van der Waals surface area (Å²) in [5.74, 6) is -1.25. The van der Waals surface area contributed by atoms with Crippen LogP contribution in [0.15, 0.2) is 11.6 Å². The molecule has 0 saturated carbocycles. The summed E-state index contributed by atoms with van der Waals surface area (Å²) in [6.45, 7) is 1.83. The minimum absolute atomic E-state index is 0.0195. The van der Waals surface area contributed by atoms with E-state index in [1.54, 1.807) is 13.0 Å². The molecule has 1 saturated heterocycles. The topological polar surface area (TPSA) is 131 Å². The third kappa shape index (κ3) is 4.53. The van der Waals surface area contributed by atoms with Crippen molar-refractivity contribution in [1.29, 1.82) is 0 Å². The molecule has 2 aliphatic heterocycles. The van der Waals surface area contributed by atoms with Crippen molar-refractivity contribution in [3.63, 3.8) is 0 Å². The molecule has 2 aliphatic rings. The lowest BCUT2D eigenvalue weighted by Crippen LogP contribution is -2.50. The molecule has 2 heterocycles. The van der Waals surface area contributed by atoms with E-state index in [1.165, 1.54) is 4.90 Å². The third-order valence-corrected chi connectivity index (χ3v) is 3.86. The van der Waals surface area contributed by atoms with Gasteiger partial charge in [-0.2, -0.15) is 0 Å². The zero-order valence-corrected chi connectivity index (χ0v) is 13.6. The summed E-state index contributed by atoms with van der Waals surface area (Å²) < 4.78 is 10.2. The normalized spacial score (nSPS) is 27.5. The SMILES string of the molecule is CCOC1OC(=O)CC1NC(=O)CN1CC(CO)=CCC(N)C1=O. The Morgan fingerprint density at radius 2 is 2.29 bits per heavy atom. The number of esters is 1. The van der Waals surface area contributed by atoms with E-state index in [0.717, 1.165) is 0 Å². The van der Waals surface area contributed by atoms with Gasteiger partial charge in [-0.15, -0.1) is 0 Å². The summed E-state index contributed by atoms with van der Waals surface area (Å²) in [6, 6.07) is -1.33. The molecule has 0 aliphatic carbocycles. The number of ether oxygens (including phenoxy) is 2. The van der Waals surface area contributed by atoms with Gasteiger partial charge in [0.1, 0.15) is 6.04 Å². The van der Waals surface area contributed by atoms with Crippen LogP contribution in [0.2, 0.25) is 0 Å². The predicted molar refractivity (Wildman–Crippen MR) is 82.4 cm³/mol. The van der Waals surface area contributed by atoms with Gasteiger partial charge in [-0.05, 0) is 18.9 Å². The summed E-state index contributed by atoms with van der Waals surface area (Å²) in [7, 11) is 0. The number of nitrogens with zero attached hydrogens (tertiary/aromatic N) is 1. The van der Waals surface area contributed by atoms with Crippen molar-refractivity contribution >= 4 is 17.8 Å². The van der Waals surface area contributed by atoms with Gasteiger partial charge in [0.05, 0.1) is 25.6 Å². The third-order valence-electron chi connectivity index (χ3n) is 3.86. The Kier molecular flexibility index (Phi) is 6.29. The molecule has 3 atom stereocenters. The maximum absolute atomic E-state index is 12.2. The number of aliphatic hydroxyl groups is 1. The molecule has 9 nitrogen and oxygen atoms in total. The Morgan fingerprint density at radius 1 is 1.54 bits per heavy atom. The fourth-order valence-electron chi connectivity index (χ4n) is 2.66. The molecule has 134 valence electrons. The van der Waals surface area contributed by atoms with Crippen molar-refractivity contribution in [2.75, 3.05) is 26.3 Å².